The zero-order valence-electron chi connectivity index (χ0n) is 14.7. The van der Waals surface area contributed by atoms with Gasteiger partial charge in [-0.15, -0.1) is 0 Å². The van der Waals surface area contributed by atoms with Crippen molar-refractivity contribution in [2.24, 2.45) is 10.7 Å². The number of fused-ring (bicyclic) bond motifs is 1. The molecular weight excluding hydrogens is 308 g/mol. The van der Waals surface area contributed by atoms with E-state index >= 15 is 0 Å². The number of nitrogens with zero attached hydrogens (tertiary/aromatic N) is 1. The van der Waals surface area contributed by atoms with Crippen LogP contribution in [-0.2, 0) is 9.47 Å². The molecule has 0 fully saturated rings. The monoisotopic (exact) mass is 338 g/mol. The number of aliphatic imine (C=N–C) groups is 1. The Balaban J connectivity index is 2.00. The van der Waals surface area contributed by atoms with E-state index in [4.69, 9.17) is 15.2 Å². The summed E-state index contributed by atoms with van der Waals surface area (Å²) in [5.41, 5.74) is 8.89. The molecule has 6 nitrogen and oxygen atoms in total. The number of aromatic amines is 1. The molecule has 0 spiro atoms. The molecule has 0 saturated carbocycles. The van der Waals surface area contributed by atoms with E-state index in [-0.39, 0.29) is 0 Å². The number of anilines is 1. The number of aromatic nitrogens is 1. The number of H-pyrrole nitrogens is 1. The molecule has 0 amide bonds. The van der Waals surface area contributed by atoms with Crippen molar-refractivity contribution in [3.05, 3.63) is 18.0 Å². The summed E-state index contributed by atoms with van der Waals surface area (Å²) in [4.78, 5) is 7.74. The van der Waals surface area contributed by atoms with Gasteiger partial charge in [0.2, 0.25) is 0 Å². The van der Waals surface area contributed by atoms with Crippen LogP contribution in [0.4, 0.5) is 5.69 Å². The molecule has 2 rings (SSSR count). The van der Waals surface area contributed by atoms with E-state index in [1.807, 2.05) is 12.3 Å². The minimum absolute atomic E-state index is 0.440. The van der Waals surface area contributed by atoms with E-state index in [0.29, 0.717) is 13.2 Å². The maximum atomic E-state index is 6.25. The van der Waals surface area contributed by atoms with Gasteiger partial charge in [-0.2, -0.15) is 0 Å². The van der Waals surface area contributed by atoms with Crippen molar-refractivity contribution in [2.75, 3.05) is 25.1 Å². The van der Waals surface area contributed by atoms with Crippen LogP contribution in [0.3, 0.4) is 0 Å². The molecule has 23 heavy (non-hydrogen) atoms. The van der Waals surface area contributed by atoms with Crippen LogP contribution in [0.1, 0.15) is 25.5 Å². The van der Waals surface area contributed by atoms with Crippen molar-refractivity contribution in [3.8, 4) is 0 Å². The molecule has 1 aliphatic rings. The number of nitrogens with one attached hydrogen (secondary N) is 2. The van der Waals surface area contributed by atoms with Gasteiger partial charge in [-0.25, -0.2) is 4.99 Å². The van der Waals surface area contributed by atoms with Gasteiger partial charge in [-0.1, -0.05) is 33.0 Å². The van der Waals surface area contributed by atoms with Crippen LogP contribution < -0.4 is 11.1 Å². The molecular formula is C16H30N4O2Si. The zero-order chi connectivity index (χ0) is 16.9. The predicted molar refractivity (Wildman–Crippen MR) is 97.7 cm³/mol. The Bertz CT molecular complexity index is 538. The normalized spacial score (nSPS) is 20.8. The van der Waals surface area contributed by atoms with E-state index < -0.39 is 14.0 Å². The van der Waals surface area contributed by atoms with Crippen molar-refractivity contribution in [1.29, 1.82) is 0 Å². The van der Waals surface area contributed by atoms with E-state index in [2.05, 4.69) is 41.9 Å². The first-order valence-electron chi connectivity index (χ1n) is 8.38. The molecule has 1 aromatic heterocycles. The number of nitrogens with two attached hydrogens (primary N) is 1. The standard InChI is InChI=1S/C16H30N4O2Si/c1-5-6-9-22-16(17)19-13-7-8-18-15(13)14(20-16)12-21-10-11-23(2,3)4/h7-8,18-19H,5-6,9-12,17H2,1-4H3. The Morgan fingerprint density at radius 3 is 2.78 bits per heavy atom. The van der Waals surface area contributed by atoms with Crippen LogP contribution in [0.25, 0.3) is 0 Å². The topological polar surface area (TPSA) is 84.7 Å². The number of hydrogen-bond donors (Lipinski definition) is 3. The fourth-order valence-corrected chi connectivity index (χ4v) is 3.04. The minimum atomic E-state index is -1.21. The summed E-state index contributed by atoms with van der Waals surface area (Å²) in [7, 11) is -1.09. The second-order valence-corrected chi connectivity index (χ2v) is 12.8. The molecule has 0 radical (unpaired) electrons. The van der Waals surface area contributed by atoms with E-state index in [1.54, 1.807) is 0 Å². The molecule has 1 atom stereocenters. The molecule has 0 aliphatic carbocycles. The maximum absolute atomic E-state index is 6.25. The SMILES string of the molecule is CCCCOC1(N)N=C(COCC[Si](C)(C)C)c2[nH]ccc2N1. The van der Waals surface area contributed by atoms with Crippen LogP contribution >= 0.6 is 0 Å². The van der Waals surface area contributed by atoms with Gasteiger partial charge in [0, 0.05) is 20.9 Å². The van der Waals surface area contributed by atoms with Crippen molar-refractivity contribution < 1.29 is 9.47 Å². The number of unbranched alkanes of at least 4 members (excludes halogenated alkanes) is 1. The summed E-state index contributed by atoms with van der Waals surface area (Å²) in [5.74, 6) is -1.21. The summed E-state index contributed by atoms with van der Waals surface area (Å²) in [6, 6.07) is 3.08. The smallest absolute Gasteiger partial charge is 0.298 e. The van der Waals surface area contributed by atoms with Crippen LogP contribution in [-0.4, -0.2) is 44.6 Å². The summed E-state index contributed by atoms with van der Waals surface area (Å²) in [6.07, 6.45) is 3.88. The van der Waals surface area contributed by atoms with Gasteiger partial charge in [0.15, 0.2) is 0 Å². The molecule has 1 aromatic rings. The first-order valence-corrected chi connectivity index (χ1v) is 12.1. The fourth-order valence-electron chi connectivity index (χ4n) is 2.28. The molecule has 0 bridgehead atoms. The van der Waals surface area contributed by atoms with Gasteiger partial charge in [0.05, 0.1) is 30.3 Å². The Hall–Kier alpha value is -1.15. The van der Waals surface area contributed by atoms with Crippen molar-refractivity contribution in [2.45, 2.75) is 51.4 Å². The quantitative estimate of drug-likeness (QED) is 0.367. The Morgan fingerprint density at radius 1 is 1.30 bits per heavy atom. The highest BCUT2D eigenvalue weighted by molar-refractivity contribution is 6.76. The summed E-state index contributed by atoms with van der Waals surface area (Å²) < 4.78 is 11.6. The number of ether oxygens (including phenoxy) is 2. The molecule has 7 heteroatoms. The Kier molecular flexibility index (Phi) is 6.02. The average Bonchev–Trinajstić information content (AvgIpc) is 2.90. The summed E-state index contributed by atoms with van der Waals surface area (Å²) in [6.45, 7) is 10.9. The highest BCUT2D eigenvalue weighted by atomic mass is 28.3. The van der Waals surface area contributed by atoms with Crippen molar-refractivity contribution >= 4 is 19.5 Å². The highest BCUT2D eigenvalue weighted by Crippen LogP contribution is 2.25. The van der Waals surface area contributed by atoms with Gasteiger partial charge in [0.1, 0.15) is 0 Å². The lowest BCUT2D eigenvalue weighted by Gasteiger charge is -2.32. The number of hydrogen-bond acceptors (Lipinski definition) is 5. The van der Waals surface area contributed by atoms with Gasteiger partial charge in [-0.3, -0.25) is 5.73 Å². The average molecular weight is 339 g/mol. The molecule has 2 heterocycles. The third-order valence-corrected chi connectivity index (χ3v) is 5.41. The summed E-state index contributed by atoms with van der Waals surface area (Å²) in [5, 5.41) is 3.15. The second kappa shape index (κ2) is 7.61. The third-order valence-electron chi connectivity index (χ3n) is 3.71. The van der Waals surface area contributed by atoms with E-state index in [1.165, 1.54) is 0 Å². The highest BCUT2D eigenvalue weighted by Gasteiger charge is 2.32. The van der Waals surface area contributed by atoms with Gasteiger partial charge >= 0.3 is 0 Å². The van der Waals surface area contributed by atoms with Gasteiger partial charge in [-0.05, 0) is 18.5 Å². The van der Waals surface area contributed by atoms with Crippen LogP contribution in [0, 0.1) is 0 Å². The molecule has 1 unspecified atom stereocenters. The van der Waals surface area contributed by atoms with Crippen LogP contribution in [0.2, 0.25) is 25.7 Å². The minimum Gasteiger partial charge on any atom is -0.375 e. The van der Waals surface area contributed by atoms with E-state index in [0.717, 1.165) is 42.6 Å². The van der Waals surface area contributed by atoms with Crippen LogP contribution in [0.15, 0.2) is 17.3 Å². The molecule has 4 N–H and O–H groups in total. The van der Waals surface area contributed by atoms with Crippen molar-refractivity contribution in [1.82, 2.24) is 4.98 Å². The molecule has 130 valence electrons. The number of rotatable bonds is 9. The van der Waals surface area contributed by atoms with Crippen LogP contribution in [0.5, 0.6) is 0 Å². The second-order valence-electron chi connectivity index (χ2n) is 7.21. The van der Waals surface area contributed by atoms with Gasteiger partial charge < -0.3 is 19.8 Å². The first kappa shape index (κ1) is 18.2. The van der Waals surface area contributed by atoms with Crippen molar-refractivity contribution in [3.63, 3.8) is 0 Å². The lowest BCUT2D eigenvalue weighted by Crippen LogP contribution is -2.52. The lowest BCUT2D eigenvalue weighted by molar-refractivity contribution is -0.0152. The largest absolute Gasteiger partial charge is 0.375 e. The lowest BCUT2D eigenvalue weighted by atomic mass is 10.2. The first-order chi connectivity index (χ1) is 10.8. The fraction of sp³-hybridized carbons (Fsp3) is 0.688. The predicted octanol–water partition coefficient (Wildman–Crippen LogP) is 2.97. The molecule has 1 aliphatic heterocycles. The molecule has 0 saturated heterocycles. The van der Waals surface area contributed by atoms with Gasteiger partial charge in [0.25, 0.3) is 5.97 Å². The Labute approximate surface area is 139 Å². The summed E-state index contributed by atoms with van der Waals surface area (Å²) >= 11 is 0. The third kappa shape index (κ3) is 5.45. The maximum Gasteiger partial charge on any atom is 0.298 e. The molecule has 0 aromatic carbocycles. The zero-order valence-corrected chi connectivity index (χ0v) is 15.7. The van der Waals surface area contributed by atoms with E-state index in [9.17, 15) is 0 Å². The Morgan fingerprint density at radius 2 is 2.09 bits per heavy atom.